The van der Waals surface area contributed by atoms with E-state index in [2.05, 4.69) is 10.6 Å². The van der Waals surface area contributed by atoms with Gasteiger partial charge in [0.25, 0.3) is 0 Å². The molecule has 4 rings (SSSR count). The van der Waals surface area contributed by atoms with Gasteiger partial charge in [0.05, 0.1) is 22.5 Å². The van der Waals surface area contributed by atoms with Crippen molar-refractivity contribution in [2.45, 2.75) is 56.6 Å². The highest BCUT2D eigenvalue weighted by Gasteiger charge is 2.32. The number of carbonyl (C=O) groups excluding carboxylic acids is 1. The molecule has 1 amide bonds. The second-order valence-electron chi connectivity index (χ2n) is 8.04. The van der Waals surface area contributed by atoms with Gasteiger partial charge in [0.15, 0.2) is 0 Å². The summed E-state index contributed by atoms with van der Waals surface area (Å²) in [6.07, 6.45) is 3.08. The molecule has 0 spiro atoms. The topological polar surface area (TPSA) is 75.5 Å². The molecule has 0 radical (unpaired) electrons. The van der Waals surface area contributed by atoms with Crippen molar-refractivity contribution >= 4 is 38.3 Å². The van der Waals surface area contributed by atoms with Gasteiger partial charge in [-0.15, -0.1) is 11.3 Å². The first-order chi connectivity index (χ1) is 14.8. The number of fused-ring (bicyclic) bond motifs is 1. The van der Waals surface area contributed by atoms with E-state index >= 15 is 0 Å². The number of aryl methyl sites for hydroxylation is 2. The van der Waals surface area contributed by atoms with Gasteiger partial charge in [-0.05, 0) is 49.4 Å². The minimum absolute atomic E-state index is 0.154. The summed E-state index contributed by atoms with van der Waals surface area (Å²) in [5.41, 5.74) is 1.53. The summed E-state index contributed by atoms with van der Waals surface area (Å²) < 4.78 is 28.2. The Morgan fingerprint density at radius 2 is 2.03 bits per heavy atom. The van der Waals surface area contributed by atoms with Crippen molar-refractivity contribution in [1.82, 2.24) is 18.8 Å². The summed E-state index contributed by atoms with van der Waals surface area (Å²) in [6, 6.07) is 9.50. The Morgan fingerprint density at radius 3 is 2.65 bits per heavy atom. The van der Waals surface area contributed by atoms with Crippen LogP contribution in [0.3, 0.4) is 0 Å². The summed E-state index contributed by atoms with van der Waals surface area (Å²) in [5, 5.41) is 2.04. The number of thiophene rings is 1. The smallest absolute Gasteiger partial charge is 0.242 e. The molecule has 7 nitrogen and oxygen atoms in total. The quantitative estimate of drug-likeness (QED) is 0.490. The van der Waals surface area contributed by atoms with Gasteiger partial charge in [-0.2, -0.15) is 0 Å². The zero-order valence-corrected chi connectivity index (χ0v) is 19.7. The average Bonchev–Trinajstić information content (AvgIpc) is 3.32. The van der Waals surface area contributed by atoms with Crippen LogP contribution in [0.2, 0.25) is 0 Å². The Bertz CT molecular complexity index is 1180. The molecule has 0 bridgehead atoms. The van der Waals surface area contributed by atoms with E-state index in [-0.39, 0.29) is 10.8 Å². The predicted octanol–water partition coefficient (Wildman–Crippen LogP) is 3.49. The molecule has 1 aromatic carbocycles. The maximum absolute atomic E-state index is 13.0. The first-order valence-corrected chi connectivity index (χ1v) is 12.9. The first-order valence-electron chi connectivity index (χ1n) is 10.5. The molecule has 1 saturated carbocycles. The Labute approximate surface area is 187 Å². The predicted molar refractivity (Wildman–Crippen MR) is 122 cm³/mol. The summed E-state index contributed by atoms with van der Waals surface area (Å²) >= 11 is 1.68. The van der Waals surface area contributed by atoms with E-state index in [1.165, 1.54) is 23.3 Å². The Balaban J connectivity index is 1.54. The lowest BCUT2D eigenvalue weighted by Crippen LogP contribution is -2.32. The average molecular weight is 461 g/mol. The first kappa shape index (κ1) is 22.0. The fourth-order valence-corrected chi connectivity index (χ4v) is 5.44. The van der Waals surface area contributed by atoms with Crippen molar-refractivity contribution in [3.63, 3.8) is 0 Å². The zero-order chi connectivity index (χ0) is 22.2. The Kier molecular flexibility index (Phi) is 6.18. The monoisotopic (exact) mass is 460 g/mol. The molecule has 31 heavy (non-hydrogen) atoms. The van der Waals surface area contributed by atoms with Crippen LogP contribution in [-0.2, 0) is 34.3 Å². The number of hydrogen-bond acceptors (Lipinski definition) is 5. The summed E-state index contributed by atoms with van der Waals surface area (Å²) in [6.45, 7) is 3.42. The van der Waals surface area contributed by atoms with Gasteiger partial charge in [0.2, 0.25) is 15.9 Å². The summed E-state index contributed by atoms with van der Waals surface area (Å²) in [5.74, 6) is 0.971. The lowest BCUT2D eigenvalue weighted by Gasteiger charge is -2.22. The standard InChI is InChI=1S/C22H28N4O3S2/c1-4-25-20-10-9-18(31(28,29)24(2)3)14-19(20)23-21(25)11-12-22(27)26(16-7-8-16)15-17-6-5-13-30-17/h5-6,9-10,13-14,16H,4,7-8,11-12,15H2,1-3H3. The molecule has 1 aliphatic carbocycles. The molecule has 0 aliphatic heterocycles. The van der Waals surface area contributed by atoms with Crippen LogP contribution in [0.5, 0.6) is 0 Å². The van der Waals surface area contributed by atoms with Crippen molar-refractivity contribution in [1.29, 1.82) is 0 Å². The number of imidazole rings is 1. The molecule has 0 saturated heterocycles. The van der Waals surface area contributed by atoms with Crippen LogP contribution >= 0.6 is 11.3 Å². The molecule has 3 aromatic rings. The van der Waals surface area contributed by atoms with E-state index < -0.39 is 10.0 Å². The minimum Gasteiger partial charge on any atom is -0.335 e. The molecule has 2 heterocycles. The van der Waals surface area contributed by atoms with Crippen LogP contribution in [0.4, 0.5) is 0 Å². The van der Waals surface area contributed by atoms with Crippen LogP contribution in [0.25, 0.3) is 11.0 Å². The van der Waals surface area contributed by atoms with Crippen LogP contribution in [0, 0.1) is 0 Å². The molecule has 166 valence electrons. The van der Waals surface area contributed by atoms with Crippen molar-refractivity contribution in [2.75, 3.05) is 14.1 Å². The van der Waals surface area contributed by atoms with Gasteiger partial charge in [-0.3, -0.25) is 4.79 Å². The van der Waals surface area contributed by atoms with Crippen molar-refractivity contribution in [3.8, 4) is 0 Å². The highest BCUT2D eigenvalue weighted by Crippen LogP contribution is 2.30. The summed E-state index contributed by atoms with van der Waals surface area (Å²) in [4.78, 5) is 21.1. The van der Waals surface area contributed by atoms with Crippen LogP contribution in [0.1, 0.15) is 36.9 Å². The normalized spacial score (nSPS) is 14.5. The van der Waals surface area contributed by atoms with E-state index in [0.717, 1.165) is 24.2 Å². The van der Waals surface area contributed by atoms with Gasteiger partial charge in [-0.25, -0.2) is 17.7 Å². The maximum atomic E-state index is 13.0. The van der Waals surface area contributed by atoms with Crippen molar-refractivity contribution in [3.05, 3.63) is 46.4 Å². The number of rotatable bonds is 9. The largest absolute Gasteiger partial charge is 0.335 e. The second kappa shape index (κ2) is 8.72. The van der Waals surface area contributed by atoms with E-state index in [0.29, 0.717) is 37.5 Å². The number of aromatic nitrogens is 2. The minimum atomic E-state index is -3.52. The molecule has 1 fully saturated rings. The third-order valence-corrected chi connectivity index (χ3v) is 8.34. The van der Waals surface area contributed by atoms with E-state index in [1.54, 1.807) is 29.5 Å². The van der Waals surface area contributed by atoms with E-state index in [4.69, 9.17) is 4.98 Å². The van der Waals surface area contributed by atoms with Crippen molar-refractivity contribution < 1.29 is 13.2 Å². The highest BCUT2D eigenvalue weighted by molar-refractivity contribution is 7.89. The Hall–Kier alpha value is -2.23. The van der Waals surface area contributed by atoms with Gasteiger partial charge in [0, 0.05) is 44.4 Å². The number of sulfonamides is 1. The van der Waals surface area contributed by atoms with E-state index in [1.807, 2.05) is 23.3 Å². The lowest BCUT2D eigenvalue weighted by atomic mass is 10.2. The van der Waals surface area contributed by atoms with Gasteiger partial charge in [-0.1, -0.05) is 6.07 Å². The van der Waals surface area contributed by atoms with Crippen LogP contribution < -0.4 is 0 Å². The third-order valence-electron chi connectivity index (χ3n) is 5.67. The number of hydrogen-bond donors (Lipinski definition) is 0. The fraction of sp³-hybridized carbons (Fsp3) is 0.455. The second-order valence-corrected chi connectivity index (χ2v) is 11.2. The zero-order valence-electron chi connectivity index (χ0n) is 18.1. The maximum Gasteiger partial charge on any atom is 0.242 e. The highest BCUT2D eigenvalue weighted by atomic mass is 32.2. The van der Waals surface area contributed by atoms with Crippen LogP contribution in [0.15, 0.2) is 40.6 Å². The van der Waals surface area contributed by atoms with E-state index in [9.17, 15) is 13.2 Å². The molecule has 1 aliphatic rings. The summed E-state index contributed by atoms with van der Waals surface area (Å²) in [7, 11) is -0.485. The number of amides is 1. The number of benzene rings is 1. The Morgan fingerprint density at radius 1 is 1.26 bits per heavy atom. The molecule has 0 atom stereocenters. The molecule has 0 unspecified atom stereocenters. The molecule has 9 heteroatoms. The van der Waals surface area contributed by atoms with Gasteiger partial charge in [0.1, 0.15) is 5.82 Å². The van der Waals surface area contributed by atoms with Crippen LogP contribution in [-0.4, -0.2) is 53.2 Å². The molecular weight excluding hydrogens is 432 g/mol. The molecular formula is C22H28N4O3S2. The third kappa shape index (κ3) is 4.53. The SMILES string of the molecule is CCn1c(CCC(=O)N(Cc2cccs2)C2CC2)nc2cc(S(=O)(=O)N(C)C)ccc21. The molecule has 2 aromatic heterocycles. The van der Waals surface area contributed by atoms with Crippen molar-refractivity contribution in [2.24, 2.45) is 0 Å². The fourth-order valence-electron chi connectivity index (χ4n) is 3.81. The lowest BCUT2D eigenvalue weighted by molar-refractivity contribution is -0.132. The van der Waals surface area contributed by atoms with Gasteiger partial charge < -0.3 is 9.47 Å². The number of carbonyl (C=O) groups is 1. The molecule has 0 N–H and O–H groups in total. The number of nitrogens with zero attached hydrogens (tertiary/aromatic N) is 4. The van der Waals surface area contributed by atoms with Gasteiger partial charge >= 0.3 is 0 Å².